The fourth-order valence-corrected chi connectivity index (χ4v) is 1.36. The van der Waals surface area contributed by atoms with E-state index in [1.165, 1.54) is 5.57 Å². The Morgan fingerprint density at radius 2 is 1.41 bits per heavy atom. The number of hydrogen-bond donors (Lipinski definition) is 0. The van der Waals surface area contributed by atoms with E-state index in [1.807, 2.05) is 6.92 Å². The number of rotatable bonds is 3. The van der Waals surface area contributed by atoms with Crippen LogP contribution in [-0.4, -0.2) is 8.05 Å². The van der Waals surface area contributed by atoms with Crippen LogP contribution in [0, 0.1) is 10.8 Å². The zero-order chi connectivity index (χ0) is 13.7. The van der Waals surface area contributed by atoms with Crippen LogP contribution < -0.4 is 0 Å². The zero-order valence-electron chi connectivity index (χ0n) is 12.3. The largest absolute Gasteiger partial charge is 0.573 e. The summed E-state index contributed by atoms with van der Waals surface area (Å²) in [6, 6.07) is 0. The van der Waals surface area contributed by atoms with Gasteiger partial charge in [0.15, 0.2) is 0 Å². The van der Waals surface area contributed by atoms with Crippen LogP contribution in [0.4, 0.5) is 0 Å². The van der Waals surface area contributed by atoms with Gasteiger partial charge in [0, 0.05) is 0 Å². The van der Waals surface area contributed by atoms with E-state index in [2.05, 4.69) is 59.8 Å². The molecule has 0 heterocycles. The van der Waals surface area contributed by atoms with E-state index >= 15 is 0 Å². The first-order valence-electron chi connectivity index (χ1n) is 6.04. The maximum atomic E-state index is 5.16. The zero-order valence-corrected chi connectivity index (χ0v) is 12.3. The van der Waals surface area contributed by atoms with Gasteiger partial charge >= 0.3 is 8.05 Å². The van der Waals surface area contributed by atoms with Gasteiger partial charge in [0.1, 0.15) is 0 Å². The summed E-state index contributed by atoms with van der Waals surface area (Å²) in [4.78, 5) is 0. The van der Waals surface area contributed by atoms with Crippen LogP contribution in [0.1, 0.15) is 48.5 Å². The molecule has 2 heteroatoms. The van der Waals surface area contributed by atoms with E-state index < -0.39 is 0 Å². The number of hydrogen-bond acceptors (Lipinski definition) is 1. The minimum absolute atomic E-state index is 0.0114. The van der Waals surface area contributed by atoms with Crippen molar-refractivity contribution >= 4 is 8.05 Å². The standard InChI is InChI=1S/C15H25BO/c1-8-9-12(14(2,3)4)10-13(11-17-16)15(5,6)7/h8-11H,1-7H3/b9-8+,12-10+,13-11-. The van der Waals surface area contributed by atoms with E-state index in [9.17, 15) is 0 Å². The fourth-order valence-electron chi connectivity index (χ4n) is 1.36. The molecular weight excluding hydrogens is 207 g/mol. The highest BCUT2D eigenvalue weighted by Gasteiger charge is 2.20. The van der Waals surface area contributed by atoms with Crippen molar-refractivity contribution in [3.8, 4) is 0 Å². The molecule has 0 aliphatic rings. The van der Waals surface area contributed by atoms with Crippen molar-refractivity contribution < 1.29 is 4.65 Å². The van der Waals surface area contributed by atoms with Gasteiger partial charge in [-0.3, -0.25) is 0 Å². The molecule has 0 amide bonds. The molecular formula is C15H25BO. The first-order valence-corrected chi connectivity index (χ1v) is 6.04. The molecule has 0 aromatic rings. The molecule has 0 rings (SSSR count). The Labute approximate surface area is 108 Å². The smallest absolute Gasteiger partial charge is 0.373 e. The molecule has 0 unspecified atom stereocenters. The highest BCUT2D eigenvalue weighted by atomic mass is 16.4. The van der Waals surface area contributed by atoms with E-state index in [0.717, 1.165) is 5.57 Å². The van der Waals surface area contributed by atoms with Crippen molar-refractivity contribution in [3.63, 3.8) is 0 Å². The molecule has 17 heavy (non-hydrogen) atoms. The summed E-state index contributed by atoms with van der Waals surface area (Å²) in [6.07, 6.45) is 7.97. The topological polar surface area (TPSA) is 9.23 Å². The Hall–Kier alpha value is -0.915. The first kappa shape index (κ1) is 16.1. The van der Waals surface area contributed by atoms with E-state index in [1.54, 1.807) is 6.26 Å². The highest BCUT2D eigenvalue weighted by molar-refractivity contribution is 5.98. The second-order valence-electron chi connectivity index (χ2n) is 6.31. The van der Waals surface area contributed by atoms with Gasteiger partial charge in [-0.15, -0.1) is 0 Å². The van der Waals surface area contributed by atoms with Gasteiger partial charge in [-0.25, -0.2) is 0 Å². The van der Waals surface area contributed by atoms with Crippen LogP contribution in [0.15, 0.2) is 35.6 Å². The monoisotopic (exact) mass is 232 g/mol. The molecule has 0 spiro atoms. The average molecular weight is 232 g/mol. The van der Waals surface area contributed by atoms with E-state index in [4.69, 9.17) is 12.7 Å². The molecule has 0 saturated heterocycles. The Bertz CT molecular complexity index is 322. The normalized spacial score (nSPS) is 15.5. The lowest BCUT2D eigenvalue weighted by Gasteiger charge is -2.25. The minimum Gasteiger partial charge on any atom is -0.573 e. The van der Waals surface area contributed by atoms with Crippen molar-refractivity contribution in [1.29, 1.82) is 0 Å². The van der Waals surface area contributed by atoms with Crippen molar-refractivity contribution in [1.82, 2.24) is 0 Å². The predicted molar refractivity (Wildman–Crippen MR) is 76.7 cm³/mol. The Morgan fingerprint density at radius 3 is 1.71 bits per heavy atom. The summed E-state index contributed by atoms with van der Waals surface area (Å²) < 4.78 is 4.69. The van der Waals surface area contributed by atoms with Gasteiger partial charge in [0.05, 0.1) is 6.26 Å². The third kappa shape index (κ3) is 5.81. The first-order chi connectivity index (χ1) is 7.62. The number of allylic oxidation sites excluding steroid dienone is 5. The molecule has 0 fully saturated rings. The van der Waals surface area contributed by atoms with Gasteiger partial charge in [0.25, 0.3) is 0 Å². The van der Waals surface area contributed by atoms with E-state index in [-0.39, 0.29) is 10.8 Å². The average Bonchev–Trinajstić information content (AvgIpc) is 2.12. The molecule has 0 N–H and O–H groups in total. The molecule has 0 aliphatic carbocycles. The molecule has 0 aromatic heterocycles. The molecule has 0 saturated carbocycles. The molecule has 0 aliphatic heterocycles. The maximum absolute atomic E-state index is 5.16. The molecule has 1 nitrogen and oxygen atoms in total. The summed E-state index contributed by atoms with van der Waals surface area (Å²) in [6.45, 7) is 15.0. The van der Waals surface area contributed by atoms with Crippen LogP contribution in [-0.2, 0) is 4.65 Å². The molecule has 0 atom stereocenters. The van der Waals surface area contributed by atoms with Crippen molar-refractivity contribution in [2.45, 2.75) is 48.5 Å². The minimum atomic E-state index is 0.0114. The Morgan fingerprint density at radius 1 is 0.941 bits per heavy atom. The molecule has 0 bridgehead atoms. The second kappa shape index (κ2) is 6.14. The summed E-state index contributed by atoms with van der Waals surface area (Å²) in [5.41, 5.74) is 2.46. The van der Waals surface area contributed by atoms with Gasteiger partial charge in [-0.2, -0.15) is 0 Å². The maximum Gasteiger partial charge on any atom is 0.373 e. The third-order valence-electron chi connectivity index (χ3n) is 2.58. The van der Waals surface area contributed by atoms with Crippen LogP contribution >= 0.6 is 0 Å². The lowest BCUT2D eigenvalue weighted by molar-refractivity contribution is 0.461. The van der Waals surface area contributed by atoms with Gasteiger partial charge < -0.3 is 4.65 Å². The quantitative estimate of drug-likeness (QED) is 0.393. The SMILES string of the molecule is [B]O/C=C(/C=C(\C=C\C)C(C)(C)C)C(C)(C)C. The van der Waals surface area contributed by atoms with Crippen LogP contribution in [0.5, 0.6) is 0 Å². The Kier molecular flexibility index (Phi) is 5.81. The van der Waals surface area contributed by atoms with Crippen LogP contribution in [0.2, 0.25) is 0 Å². The highest BCUT2D eigenvalue weighted by Crippen LogP contribution is 2.33. The fraction of sp³-hybridized carbons (Fsp3) is 0.600. The Balaban J connectivity index is 5.49. The van der Waals surface area contributed by atoms with Gasteiger partial charge in [-0.05, 0) is 28.9 Å². The van der Waals surface area contributed by atoms with Gasteiger partial charge in [-0.1, -0.05) is 59.8 Å². The molecule has 2 radical (unpaired) electrons. The lowest BCUT2D eigenvalue weighted by Crippen LogP contribution is -2.13. The predicted octanol–water partition coefficient (Wildman–Crippen LogP) is 4.57. The summed E-state index contributed by atoms with van der Waals surface area (Å²) in [5.74, 6) is 0. The molecule has 0 aromatic carbocycles. The summed E-state index contributed by atoms with van der Waals surface area (Å²) >= 11 is 0. The summed E-state index contributed by atoms with van der Waals surface area (Å²) in [5, 5.41) is 0. The second-order valence-corrected chi connectivity index (χ2v) is 6.31. The lowest BCUT2D eigenvalue weighted by atomic mass is 9.80. The molecule has 94 valence electrons. The van der Waals surface area contributed by atoms with Crippen molar-refractivity contribution in [3.05, 3.63) is 35.6 Å². The summed E-state index contributed by atoms with van der Waals surface area (Å²) in [7, 11) is 5.16. The van der Waals surface area contributed by atoms with Crippen molar-refractivity contribution in [2.75, 3.05) is 0 Å². The third-order valence-corrected chi connectivity index (χ3v) is 2.58. The van der Waals surface area contributed by atoms with E-state index in [0.29, 0.717) is 0 Å². The van der Waals surface area contributed by atoms with Crippen LogP contribution in [0.25, 0.3) is 0 Å². The van der Waals surface area contributed by atoms with Crippen LogP contribution in [0.3, 0.4) is 0 Å². The van der Waals surface area contributed by atoms with Gasteiger partial charge in [0.2, 0.25) is 0 Å². The van der Waals surface area contributed by atoms with Crippen molar-refractivity contribution in [2.24, 2.45) is 10.8 Å².